The first kappa shape index (κ1) is 18.7. The first-order chi connectivity index (χ1) is 12.5. The van der Waals surface area contributed by atoms with Crippen molar-refractivity contribution in [3.8, 4) is 11.1 Å². The van der Waals surface area contributed by atoms with Crippen molar-refractivity contribution in [2.24, 2.45) is 0 Å². The summed E-state index contributed by atoms with van der Waals surface area (Å²) in [5.41, 5.74) is 1.78. The van der Waals surface area contributed by atoms with Gasteiger partial charge in [-0.3, -0.25) is 9.59 Å². The van der Waals surface area contributed by atoms with Crippen LogP contribution in [0.4, 0.5) is 0 Å². The zero-order chi connectivity index (χ0) is 18.7. The molecule has 0 aliphatic carbocycles. The van der Waals surface area contributed by atoms with E-state index in [1.54, 1.807) is 0 Å². The molecule has 1 unspecified atom stereocenters. The third-order valence-electron chi connectivity index (χ3n) is 3.85. The summed E-state index contributed by atoms with van der Waals surface area (Å²) in [6.07, 6.45) is 0. The van der Waals surface area contributed by atoms with Crippen molar-refractivity contribution in [3.05, 3.63) is 51.9 Å². The number of hydrogen-bond donors (Lipinski definition) is 2. The van der Waals surface area contributed by atoms with E-state index in [0.29, 0.717) is 17.0 Å². The van der Waals surface area contributed by atoms with E-state index in [2.05, 4.69) is 15.3 Å². The van der Waals surface area contributed by atoms with Crippen LogP contribution in [0.2, 0.25) is 0 Å². The lowest BCUT2D eigenvalue weighted by atomic mass is 10.1. The summed E-state index contributed by atoms with van der Waals surface area (Å²) in [6.45, 7) is 5.73. The number of thioether (sulfide) groups is 1. The van der Waals surface area contributed by atoms with E-state index in [-0.39, 0.29) is 22.8 Å². The molecule has 1 amide bonds. The van der Waals surface area contributed by atoms with Gasteiger partial charge in [0.05, 0.1) is 16.4 Å². The predicted octanol–water partition coefficient (Wildman–Crippen LogP) is 3.80. The molecule has 5 nitrogen and oxygen atoms in total. The summed E-state index contributed by atoms with van der Waals surface area (Å²) in [6, 6.07) is 9.94. The lowest BCUT2D eigenvalue weighted by Gasteiger charge is -2.13. The van der Waals surface area contributed by atoms with Crippen molar-refractivity contribution in [3.63, 3.8) is 0 Å². The van der Waals surface area contributed by atoms with E-state index < -0.39 is 0 Å². The van der Waals surface area contributed by atoms with Gasteiger partial charge in [-0.1, -0.05) is 30.3 Å². The molecule has 0 radical (unpaired) electrons. The summed E-state index contributed by atoms with van der Waals surface area (Å²) in [4.78, 5) is 32.8. The van der Waals surface area contributed by atoms with E-state index >= 15 is 0 Å². The molecule has 3 rings (SSSR count). The van der Waals surface area contributed by atoms with Gasteiger partial charge in [0.1, 0.15) is 10.7 Å². The second kappa shape index (κ2) is 8.05. The molecular formula is C19H21N3O2S2. The Hall–Kier alpha value is -2.12. The predicted molar refractivity (Wildman–Crippen MR) is 110 cm³/mol. The van der Waals surface area contributed by atoms with E-state index in [9.17, 15) is 9.59 Å². The van der Waals surface area contributed by atoms with Crippen LogP contribution in [0, 0.1) is 0 Å². The van der Waals surface area contributed by atoms with Crippen LogP contribution >= 0.6 is 23.1 Å². The molecule has 0 saturated carbocycles. The Kier molecular flexibility index (Phi) is 5.78. The van der Waals surface area contributed by atoms with Gasteiger partial charge in [0.15, 0.2) is 0 Å². The summed E-state index contributed by atoms with van der Waals surface area (Å²) in [5.74, 6) is 1.07. The van der Waals surface area contributed by atoms with Gasteiger partial charge in [0.25, 0.3) is 5.56 Å². The normalized spacial score (nSPS) is 12.5. The van der Waals surface area contributed by atoms with Crippen LogP contribution in [-0.2, 0) is 10.5 Å². The summed E-state index contributed by atoms with van der Waals surface area (Å²) >= 11 is 2.93. The van der Waals surface area contributed by atoms with Crippen molar-refractivity contribution in [2.75, 3.05) is 0 Å². The monoisotopic (exact) mass is 387 g/mol. The summed E-state index contributed by atoms with van der Waals surface area (Å²) in [7, 11) is 0. The number of benzene rings is 1. The number of thiophene rings is 1. The highest BCUT2D eigenvalue weighted by molar-refractivity contribution is 7.99. The number of aromatic nitrogens is 2. The van der Waals surface area contributed by atoms with Gasteiger partial charge in [-0.15, -0.1) is 23.1 Å². The lowest BCUT2D eigenvalue weighted by Crippen LogP contribution is -2.36. The largest absolute Gasteiger partial charge is 0.353 e. The van der Waals surface area contributed by atoms with Crippen LogP contribution < -0.4 is 10.9 Å². The van der Waals surface area contributed by atoms with Crippen LogP contribution in [0.25, 0.3) is 21.3 Å². The molecule has 0 aliphatic rings. The average Bonchev–Trinajstić information content (AvgIpc) is 3.04. The Morgan fingerprint density at radius 3 is 2.69 bits per heavy atom. The first-order valence-corrected chi connectivity index (χ1v) is 10.4. The number of rotatable bonds is 6. The smallest absolute Gasteiger partial charge is 0.260 e. The minimum atomic E-state index is -0.207. The maximum absolute atomic E-state index is 12.6. The Balaban J connectivity index is 1.80. The molecule has 0 aliphatic heterocycles. The van der Waals surface area contributed by atoms with Crippen molar-refractivity contribution in [1.82, 2.24) is 15.3 Å². The number of nitrogens with one attached hydrogen (secondary N) is 2. The van der Waals surface area contributed by atoms with E-state index in [0.717, 1.165) is 16.0 Å². The average molecular weight is 388 g/mol. The third-order valence-corrected chi connectivity index (χ3v) is 5.87. The second-order valence-electron chi connectivity index (χ2n) is 6.32. The lowest BCUT2D eigenvalue weighted by molar-refractivity contribution is -0.120. The summed E-state index contributed by atoms with van der Waals surface area (Å²) < 4.78 is 0. The second-order valence-corrected chi connectivity index (χ2v) is 8.51. The quantitative estimate of drug-likeness (QED) is 0.675. The molecule has 2 N–H and O–H groups in total. The topological polar surface area (TPSA) is 74.8 Å². The molecule has 2 heterocycles. The Labute approximate surface area is 160 Å². The van der Waals surface area contributed by atoms with E-state index in [4.69, 9.17) is 0 Å². The number of aromatic amines is 1. The Morgan fingerprint density at radius 2 is 2.00 bits per heavy atom. The van der Waals surface area contributed by atoms with Crippen molar-refractivity contribution >= 4 is 39.2 Å². The molecule has 3 aromatic rings. The van der Waals surface area contributed by atoms with Gasteiger partial charge in [-0.05, 0) is 26.3 Å². The van der Waals surface area contributed by atoms with Gasteiger partial charge < -0.3 is 10.3 Å². The fourth-order valence-corrected chi connectivity index (χ4v) is 4.30. The molecule has 0 saturated heterocycles. The number of fused-ring (bicyclic) bond motifs is 1. The molecule has 0 bridgehead atoms. The first-order valence-electron chi connectivity index (χ1n) is 8.43. The minimum absolute atomic E-state index is 0.00378. The number of hydrogen-bond acceptors (Lipinski definition) is 5. The molecule has 2 aromatic heterocycles. The van der Waals surface area contributed by atoms with Crippen molar-refractivity contribution < 1.29 is 4.79 Å². The van der Waals surface area contributed by atoms with Gasteiger partial charge in [-0.2, -0.15) is 0 Å². The number of H-pyrrole nitrogens is 1. The number of carbonyl (C=O) groups excluding carboxylic acids is 1. The van der Waals surface area contributed by atoms with Gasteiger partial charge in [0.2, 0.25) is 5.91 Å². The van der Waals surface area contributed by atoms with Crippen LogP contribution in [0.5, 0.6) is 0 Å². The standard InChI is InChI=1S/C19H21N3O2S2/c1-11(2)20-17(23)12(3)25-10-15-21-18(24)16-14(9-26-19(16)22-15)13-7-5-4-6-8-13/h4-9,11-12H,10H2,1-3H3,(H,20,23)(H,21,22,24). The maximum Gasteiger partial charge on any atom is 0.260 e. The molecule has 7 heteroatoms. The molecule has 136 valence electrons. The van der Waals surface area contributed by atoms with Gasteiger partial charge in [-0.25, -0.2) is 4.98 Å². The van der Waals surface area contributed by atoms with Crippen molar-refractivity contribution in [2.45, 2.75) is 37.8 Å². The van der Waals surface area contributed by atoms with Crippen molar-refractivity contribution in [1.29, 1.82) is 0 Å². The highest BCUT2D eigenvalue weighted by atomic mass is 32.2. The maximum atomic E-state index is 12.6. The SMILES string of the molecule is CC(C)NC(=O)C(C)SCc1nc2scc(-c3ccccc3)c2c(=O)[nH]1. The molecule has 1 aromatic carbocycles. The highest BCUT2D eigenvalue weighted by Crippen LogP contribution is 2.30. The third kappa shape index (κ3) is 4.16. The number of amides is 1. The fourth-order valence-electron chi connectivity index (χ4n) is 2.57. The molecular weight excluding hydrogens is 366 g/mol. The summed E-state index contributed by atoms with van der Waals surface area (Å²) in [5, 5.41) is 5.28. The van der Waals surface area contributed by atoms with Crippen LogP contribution in [0.3, 0.4) is 0 Å². The molecule has 0 spiro atoms. The molecule has 26 heavy (non-hydrogen) atoms. The van der Waals surface area contributed by atoms with Crippen LogP contribution in [0.1, 0.15) is 26.6 Å². The highest BCUT2D eigenvalue weighted by Gasteiger charge is 2.16. The zero-order valence-electron chi connectivity index (χ0n) is 14.9. The van der Waals surface area contributed by atoms with Gasteiger partial charge in [0, 0.05) is 17.0 Å². The molecule has 0 fully saturated rings. The number of carbonyl (C=O) groups is 1. The Bertz CT molecular complexity index is 964. The fraction of sp³-hybridized carbons (Fsp3) is 0.316. The Morgan fingerprint density at radius 1 is 1.27 bits per heavy atom. The van der Waals surface area contributed by atoms with Gasteiger partial charge >= 0.3 is 0 Å². The zero-order valence-corrected chi connectivity index (χ0v) is 16.5. The van der Waals surface area contributed by atoms with E-state index in [1.807, 2.05) is 56.5 Å². The van der Waals surface area contributed by atoms with Crippen LogP contribution in [-0.4, -0.2) is 27.2 Å². The van der Waals surface area contributed by atoms with Crippen LogP contribution in [0.15, 0.2) is 40.5 Å². The minimum Gasteiger partial charge on any atom is -0.353 e. The van der Waals surface area contributed by atoms with E-state index in [1.165, 1.54) is 23.1 Å². The molecule has 1 atom stereocenters. The number of nitrogens with zero attached hydrogens (tertiary/aromatic N) is 1.